The summed E-state index contributed by atoms with van der Waals surface area (Å²) in [6.07, 6.45) is 5.54. The van der Waals surface area contributed by atoms with E-state index in [9.17, 15) is 5.11 Å². The number of hydrogen-bond acceptors (Lipinski definition) is 5. The summed E-state index contributed by atoms with van der Waals surface area (Å²) < 4.78 is 11.8. The molecule has 5 rings (SSSR count). The summed E-state index contributed by atoms with van der Waals surface area (Å²) in [6, 6.07) is 4.70. The van der Waals surface area contributed by atoms with Crippen LogP contribution in [0.25, 0.3) is 0 Å². The number of aliphatic hydroxyl groups excluding tert-OH is 2. The van der Waals surface area contributed by atoms with Crippen LogP contribution >= 0.6 is 0 Å². The van der Waals surface area contributed by atoms with Crippen molar-refractivity contribution in [2.45, 2.75) is 43.4 Å². The maximum Gasteiger partial charge on any atom is 0.165 e. The van der Waals surface area contributed by atoms with E-state index >= 15 is 0 Å². The van der Waals surface area contributed by atoms with E-state index in [0.29, 0.717) is 12.0 Å². The molecule has 2 aliphatic carbocycles. The number of benzene rings is 1. The molecular formula is C20H27NO4. The van der Waals surface area contributed by atoms with E-state index in [1.807, 2.05) is 12.1 Å². The first-order valence-corrected chi connectivity index (χ1v) is 9.13. The van der Waals surface area contributed by atoms with Gasteiger partial charge in [-0.2, -0.15) is 0 Å². The number of ether oxygens (including phenoxy) is 2. The molecule has 0 radical (unpaired) electrons. The summed E-state index contributed by atoms with van der Waals surface area (Å²) >= 11 is 0. The molecule has 2 N–H and O–H groups in total. The Morgan fingerprint density at radius 1 is 1.36 bits per heavy atom. The fourth-order valence-corrected chi connectivity index (χ4v) is 5.39. The van der Waals surface area contributed by atoms with Gasteiger partial charge in [-0.1, -0.05) is 18.2 Å². The number of likely N-dealkylation sites (tertiary alicyclic amines) is 1. The zero-order chi connectivity index (χ0) is 17.8. The maximum atomic E-state index is 10.6. The molecular weight excluding hydrogens is 318 g/mol. The highest BCUT2D eigenvalue weighted by molar-refractivity contribution is 5.62. The molecule has 1 aromatic rings. The van der Waals surface area contributed by atoms with Gasteiger partial charge in [0, 0.05) is 29.5 Å². The second-order valence-corrected chi connectivity index (χ2v) is 7.43. The van der Waals surface area contributed by atoms with Crippen molar-refractivity contribution in [1.82, 2.24) is 4.90 Å². The van der Waals surface area contributed by atoms with E-state index in [0.717, 1.165) is 30.9 Å². The Morgan fingerprint density at radius 3 is 2.84 bits per heavy atom. The Hall–Kier alpha value is -1.56. The first-order valence-electron chi connectivity index (χ1n) is 9.13. The highest BCUT2D eigenvalue weighted by Crippen LogP contribution is 2.62. The topological polar surface area (TPSA) is 62.2 Å². The van der Waals surface area contributed by atoms with Crippen LogP contribution < -0.4 is 9.47 Å². The van der Waals surface area contributed by atoms with Crippen LogP contribution in [0.4, 0.5) is 0 Å². The molecule has 2 bridgehead atoms. The predicted octanol–water partition coefficient (Wildman–Crippen LogP) is 1.50. The number of aliphatic hydroxyl groups is 2. The molecule has 0 amide bonds. The summed E-state index contributed by atoms with van der Waals surface area (Å²) in [5.74, 6) is 2.09. The van der Waals surface area contributed by atoms with Crippen molar-refractivity contribution in [3.63, 3.8) is 0 Å². The van der Waals surface area contributed by atoms with Crippen LogP contribution in [0.15, 0.2) is 24.3 Å². The van der Waals surface area contributed by atoms with Crippen molar-refractivity contribution < 1.29 is 19.7 Å². The average Bonchev–Trinajstić information content (AvgIpc) is 2.96. The molecule has 5 atom stereocenters. The van der Waals surface area contributed by atoms with E-state index < -0.39 is 6.10 Å². The van der Waals surface area contributed by atoms with Crippen LogP contribution in [0.1, 0.15) is 24.5 Å². The molecule has 4 aliphatic rings. The lowest BCUT2D eigenvalue weighted by Crippen LogP contribution is -2.64. The van der Waals surface area contributed by atoms with Gasteiger partial charge in [-0.15, -0.1) is 0 Å². The van der Waals surface area contributed by atoms with Crippen LogP contribution in [0.2, 0.25) is 0 Å². The number of piperidine rings is 1. The quantitative estimate of drug-likeness (QED) is 0.756. The Bertz CT molecular complexity index is 703. The Morgan fingerprint density at radius 2 is 2.12 bits per heavy atom. The zero-order valence-corrected chi connectivity index (χ0v) is 15.1. The fourth-order valence-electron chi connectivity index (χ4n) is 5.39. The highest BCUT2D eigenvalue weighted by Gasteiger charge is 2.64. The minimum Gasteiger partial charge on any atom is -0.493 e. The number of rotatable bonds is 1. The van der Waals surface area contributed by atoms with Crippen molar-refractivity contribution in [1.29, 1.82) is 0 Å². The van der Waals surface area contributed by atoms with Crippen molar-refractivity contribution in [3.05, 3.63) is 35.4 Å². The lowest BCUT2D eigenvalue weighted by atomic mass is 9.53. The number of methoxy groups -OCH3 is 1. The monoisotopic (exact) mass is 345 g/mol. The van der Waals surface area contributed by atoms with Gasteiger partial charge in [0.15, 0.2) is 11.5 Å². The van der Waals surface area contributed by atoms with E-state index in [4.69, 9.17) is 14.6 Å². The van der Waals surface area contributed by atoms with Gasteiger partial charge in [0.05, 0.1) is 7.11 Å². The molecule has 25 heavy (non-hydrogen) atoms. The summed E-state index contributed by atoms with van der Waals surface area (Å²) in [7, 11) is 3.91. The molecule has 0 saturated carbocycles. The molecule has 5 nitrogen and oxygen atoms in total. The largest absolute Gasteiger partial charge is 0.493 e. The summed E-state index contributed by atoms with van der Waals surface area (Å²) in [5, 5.41) is 18.1. The van der Waals surface area contributed by atoms with Crippen molar-refractivity contribution in [2.24, 2.45) is 5.92 Å². The van der Waals surface area contributed by atoms with Gasteiger partial charge in [0.1, 0.15) is 12.2 Å². The van der Waals surface area contributed by atoms with Gasteiger partial charge in [0.25, 0.3) is 0 Å². The first kappa shape index (κ1) is 16.9. The van der Waals surface area contributed by atoms with Gasteiger partial charge in [-0.3, -0.25) is 0 Å². The number of hydrogen-bond donors (Lipinski definition) is 2. The minimum atomic E-state index is -0.539. The summed E-state index contributed by atoms with van der Waals surface area (Å²) in [6.45, 7) is 2.98. The third-order valence-corrected chi connectivity index (χ3v) is 6.35. The molecule has 136 valence electrons. The molecule has 1 spiro atoms. The number of likely N-dealkylation sites (N-methyl/N-ethyl adjacent to an activating group) is 1. The van der Waals surface area contributed by atoms with Crippen LogP contribution in [-0.4, -0.2) is 60.7 Å². The van der Waals surface area contributed by atoms with Crippen LogP contribution in [-0.2, 0) is 11.8 Å². The zero-order valence-electron chi connectivity index (χ0n) is 15.1. The van der Waals surface area contributed by atoms with E-state index in [2.05, 4.69) is 24.1 Å². The molecule has 0 unspecified atom stereocenters. The maximum absolute atomic E-state index is 10.6. The molecule has 5 heteroatoms. The standard InChI is InChI=1S/C18H21NO3.C2H6O/c1-19-8-7-18-11-4-5-13(20)17(18)22-16-14(21-2)6-3-10(15(16)18)9-12(11)19;1-2-3/h3-6,11-13,17,20H,7-9H2,1-2H3;3H,2H2,1H3/t11-,12+,13-,17-,18-;/m0./s1. The first-order chi connectivity index (χ1) is 12.1. The number of nitrogens with zero attached hydrogens (tertiary/aromatic N) is 1. The van der Waals surface area contributed by atoms with E-state index in [1.165, 1.54) is 11.1 Å². The molecule has 2 heterocycles. The average molecular weight is 345 g/mol. The van der Waals surface area contributed by atoms with Crippen molar-refractivity contribution in [3.8, 4) is 11.5 Å². The SMILES string of the molecule is CCO.COc1ccc2c3c1O[C@H]1[C@@H](O)C=C[C@H]4[C@@H](C2)N(C)CC[C@@]341. The second-order valence-electron chi connectivity index (χ2n) is 7.43. The van der Waals surface area contributed by atoms with Crippen molar-refractivity contribution >= 4 is 0 Å². The second kappa shape index (κ2) is 6.01. The normalized spacial score (nSPS) is 36.8. The third kappa shape index (κ3) is 2.12. The van der Waals surface area contributed by atoms with Gasteiger partial charge in [0.2, 0.25) is 0 Å². The predicted molar refractivity (Wildman–Crippen MR) is 95.2 cm³/mol. The van der Waals surface area contributed by atoms with Crippen molar-refractivity contribution in [2.75, 3.05) is 27.3 Å². The Kier molecular flexibility index (Phi) is 4.06. The van der Waals surface area contributed by atoms with Gasteiger partial charge in [-0.25, -0.2) is 0 Å². The molecule has 1 saturated heterocycles. The van der Waals surface area contributed by atoms with Gasteiger partial charge >= 0.3 is 0 Å². The van der Waals surface area contributed by atoms with Crippen LogP contribution in [0.5, 0.6) is 11.5 Å². The molecule has 0 aromatic heterocycles. The smallest absolute Gasteiger partial charge is 0.165 e. The summed E-state index contributed by atoms with van der Waals surface area (Å²) in [4.78, 5) is 2.47. The van der Waals surface area contributed by atoms with Crippen LogP contribution in [0, 0.1) is 5.92 Å². The Balaban J connectivity index is 0.000000490. The lowest BCUT2D eigenvalue weighted by Gasteiger charge is -2.56. The molecule has 1 aromatic carbocycles. The van der Waals surface area contributed by atoms with Gasteiger partial charge < -0.3 is 24.6 Å². The highest BCUT2D eigenvalue weighted by atomic mass is 16.5. The van der Waals surface area contributed by atoms with Crippen LogP contribution in [0.3, 0.4) is 0 Å². The summed E-state index contributed by atoms with van der Waals surface area (Å²) in [5.41, 5.74) is 2.60. The third-order valence-electron chi connectivity index (χ3n) is 6.35. The minimum absolute atomic E-state index is 0.0806. The van der Waals surface area contributed by atoms with E-state index in [-0.39, 0.29) is 18.1 Å². The molecule has 2 aliphatic heterocycles. The lowest BCUT2D eigenvalue weighted by molar-refractivity contribution is -0.0453. The molecule has 1 fully saturated rings. The fraction of sp³-hybridized carbons (Fsp3) is 0.600. The van der Waals surface area contributed by atoms with Gasteiger partial charge in [-0.05, 0) is 45.0 Å². The Labute approximate surface area is 148 Å². The van der Waals surface area contributed by atoms with E-state index in [1.54, 1.807) is 14.0 Å².